The minimum absolute atomic E-state index is 0.346. The van der Waals surface area contributed by atoms with Crippen molar-refractivity contribution in [3.63, 3.8) is 0 Å². The first-order chi connectivity index (χ1) is 8.31. The van der Waals surface area contributed by atoms with Crippen molar-refractivity contribution in [3.8, 4) is 0 Å². The zero-order valence-electron chi connectivity index (χ0n) is 9.90. The molecule has 0 saturated heterocycles. The number of carbonyl (C=O) groups is 1. The van der Waals surface area contributed by atoms with Gasteiger partial charge in [0, 0.05) is 23.4 Å². The Bertz CT molecular complexity index is 507. The third kappa shape index (κ3) is 1.69. The Morgan fingerprint density at radius 3 is 2.82 bits per heavy atom. The van der Waals surface area contributed by atoms with Crippen LogP contribution in [0, 0.1) is 0 Å². The monoisotopic (exact) mass is 245 g/mol. The second kappa shape index (κ2) is 4.22. The number of allylic oxidation sites excluding steroid dienone is 1. The van der Waals surface area contributed by atoms with Crippen molar-refractivity contribution in [2.45, 2.75) is 31.1 Å². The SMILES string of the molecule is CCN1C(=C2CCCC2=O)Sc2ccccc21. The van der Waals surface area contributed by atoms with Gasteiger partial charge in [-0.1, -0.05) is 23.9 Å². The van der Waals surface area contributed by atoms with Gasteiger partial charge in [0.2, 0.25) is 0 Å². The number of Topliss-reactive ketones (excluding diaryl/α,β-unsaturated/α-hetero) is 1. The number of nitrogens with zero attached hydrogens (tertiary/aromatic N) is 1. The van der Waals surface area contributed by atoms with Gasteiger partial charge in [-0.15, -0.1) is 0 Å². The minimum atomic E-state index is 0.346. The zero-order valence-corrected chi connectivity index (χ0v) is 10.7. The highest BCUT2D eigenvalue weighted by molar-refractivity contribution is 8.03. The van der Waals surface area contributed by atoms with Gasteiger partial charge in [-0.05, 0) is 31.9 Å². The van der Waals surface area contributed by atoms with Crippen LogP contribution in [0.25, 0.3) is 0 Å². The predicted molar refractivity (Wildman–Crippen MR) is 71.2 cm³/mol. The van der Waals surface area contributed by atoms with E-state index in [1.54, 1.807) is 11.8 Å². The summed E-state index contributed by atoms with van der Waals surface area (Å²) < 4.78 is 0. The van der Waals surface area contributed by atoms with Crippen LogP contribution < -0.4 is 4.90 Å². The van der Waals surface area contributed by atoms with Crippen LogP contribution in [0.3, 0.4) is 0 Å². The number of hydrogen-bond acceptors (Lipinski definition) is 3. The number of anilines is 1. The number of benzene rings is 1. The van der Waals surface area contributed by atoms with Gasteiger partial charge in [0.15, 0.2) is 5.78 Å². The quantitative estimate of drug-likeness (QED) is 0.705. The van der Waals surface area contributed by atoms with Crippen LogP contribution in [-0.4, -0.2) is 12.3 Å². The first-order valence-corrected chi connectivity index (χ1v) is 6.93. The fraction of sp³-hybridized carbons (Fsp3) is 0.357. The Hall–Kier alpha value is -1.22. The van der Waals surface area contributed by atoms with E-state index in [2.05, 4.69) is 36.1 Å². The van der Waals surface area contributed by atoms with Crippen molar-refractivity contribution >= 4 is 23.2 Å². The zero-order chi connectivity index (χ0) is 11.8. The maximum atomic E-state index is 11.9. The molecule has 1 aromatic carbocycles. The van der Waals surface area contributed by atoms with Crippen LogP contribution in [0.15, 0.2) is 39.8 Å². The highest BCUT2D eigenvalue weighted by atomic mass is 32.2. The molecule has 88 valence electrons. The van der Waals surface area contributed by atoms with Crippen molar-refractivity contribution in [3.05, 3.63) is 34.9 Å². The highest BCUT2D eigenvalue weighted by Gasteiger charge is 2.30. The lowest BCUT2D eigenvalue weighted by atomic mass is 10.2. The largest absolute Gasteiger partial charge is 0.335 e. The van der Waals surface area contributed by atoms with Crippen LogP contribution in [0.4, 0.5) is 5.69 Å². The molecule has 1 aliphatic heterocycles. The molecule has 0 atom stereocenters. The Morgan fingerprint density at radius 2 is 2.12 bits per heavy atom. The fourth-order valence-electron chi connectivity index (χ4n) is 2.52. The average molecular weight is 245 g/mol. The number of ketones is 1. The molecule has 2 nitrogen and oxygen atoms in total. The van der Waals surface area contributed by atoms with Crippen molar-refractivity contribution in [1.82, 2.24) is 0 Å². The minimum Gasteiger partial charge on any atom is -0.335 e. The van der Waals surface area contributed by atoms with E-state index < -0.39 is 0 Å². The lowest BCUT2D eigenvalue weighted by Crippen LogP contribution is -2.19. The predicted octanol–water partition coefficient (Wildman–Crippen LogP) is 3.58. The molecule has 0 aromatic heterocycles. The van der Waals surface area contributed by atoms with Gasteiger partial charge in [-0.25, -0.2) is 0 Å². The Kier molecular flexibility index (Phi) is 2.71. The number of para-hydroxylation sites is 1. The van der Waals surface area contributed by atoms with E-state index in [9.17, 15) is 4.79 Å². The maximum absolute atomic E-state index is 11.9. The van der Waals surface area contributed by atoms with Crippen molar-refractivity contribution in [2.24, 2.45) is 0 Å². The first-order valence-electron chi connectivity index (χ1n) is 6.12. The van der Waals surface area contributed by atoms with Crippen LogP contribution in [0.5, 0.6) is 0 Å². The van der Waals surface area contributed by atoms with Crippen molar-refractivity contribution < 1.29 is 4.79 Å². The van der Waals surface area contributed by atoms with Gasteiger partial charge in [0.1, 0.15) is 0 Å². The number of rotatable bonds is 1. The lowest BCUT2D eigenvalue weighted by molar-refractivity contribution is -0.114. The molecule has 17 heavy (non-hydrogen) atoms. The van der Waals surface area contributed by atoms with Crippen LogP contribution >= 0.6 is 11.8 Å². The van der Waals surface area contributed by atoms with E-state index in [1.165, 1.54) is 15.6 Å². The van der Waals surface area contributed by atoms with Gasteiger partial charge in [-0.2, -0.15) is 0 Å². The summed E-state index contributed by atoms with van der Waals surface area (Å²) in [6.45, 7) is 3.07. The number of fused-ring (bicyclic) bond motifs is 1. The summed E-state index contributed by atoms with van der Waals surface area (Å²) in [5.74, 6) is 0.346. The Morgan fingerprint density at radius 1 is 1.29 bits per heavy atom. The first kappa shape index (κ1) is 10.9. The second-order valence-corrected chi connectivity index (χ2v) is 5.41. The molecular weight excluding hydrogens is 230 g/mol. The molecular formula is C14H15NOS. The summed E-state index contributed by atoms with van der Waals surface area (Å²) in [5, 5.41) is 1.18. The molecule has 0 unspecified atom stereocenters. The van der Waals surface area contributed by atoms with E-state index in [4.69, 9.17) is 0 Å². The molecule has 0 N–H and O–H groups in total. The van der Waals surface area contributed by atoms with Gasteiger partial charge in [0.25, 0.3) is 0 Å². The topological polar surface area (TPSA) is 20.3 Å². The molecule has 0 spiro atoms. The summed E-state index contributed by atoms with van der Waals surface area (Å²) in [6, 6.07) is 8.39. The van der Waals surface area contributed by atoms with E-state index in [-0.39, 0.29) is 0 Å². The number of carbonyl (C=O) groups excluding carboxylic acids is 1. The number of thioether (sulfide) groups is 1. The summed E-state index contributed by atoms with van der Waals surface area (Å²) in [6.07, 6.45) is 2.70. The van der Waals surface area contributed by atoms with Gasteiger partial charge >= 0.3 is 0 Å². The molecule has 0 radical (unpaired) electrons. The van der Waals surface area contributed by atoms with Crippen LogP contribution in [0.1, 0.15) is 26.2 Å². The lowest BCUT2D eigenvalue weighted by Gasteiger charge is -2.19. The molecule has 1 fully saturated rings. The summed E-state index contributed by atoms with van der Waals surface area (Å²) in [5.41, 5.74) is 2.30. The van der Waals surface area contributed by atoms with Crippen molar-refractivity contribution in [2.75, 3.05) is 11.4 Å². The van der Waals surface area contributed by atoms with Crippen LogP contribution in [0.2, 0.25) is 0 Å². The van der Waals surface area contributed by atoms with E-state index in [1.807, 2.05) is 0 Å². The second-order valence-electron chi connectivity index (χ2n) is 4.37. The smallest absolute Gasteiger partial charge is 0.161 e. The van der Waals surface area contributed by atoms with Gasteiger partial charge < -0.3 is 4.90 Å². The summed E-state index contributed by atoms with van der Waals surface area (Å²) in [7, 11) is 0. The van der Waals surface area contributed by atoms with Crippen molar-refractivity contribution in [1.29, 1.82) is 0 Å². The third-order valence-electron chi connectivity index (χ3n) is 3.35. The molecule has 1 aliphatic carbocycles. The molecule has 0 amide bonds. The molecule has 0 bridgehead atoms. The Labute approximate surface area is 106 Å². The number of hydrogen-bond donors (Lipinski definition) is 0. The van der Waals surface area contributed by atoms with Gasteiger partial charge in [0.05, 0.1) is 10.7 Å². The third-order valence-corrected chi connectivity index (χ3v) is 4.57. The maximum Gasteiger partial charge on any atom is 0.161 e. The molecule has 1 aromatic rings. The molecule has 1 heterocycles. The standard InChI is InChI=1S/C14H15NOS/c1-2-15-11-7-3-4-9-13(11)17-14(15)10-6-5-8-12(10)16/h3-4,7,9H,2,5-6,8H2,1H3. The molecule has 3 rings (SSSR count). The summed E-state index contributed by atoms with van der Waals surface area (Å²) >= 11 is 1.75. The Balaban J connectivity index is 2.08. The molecule has 2 aliphatic rings. The normalized spacial score (nSPS) is 23.4. The average Bonchev–Trinajstić information content (AvgIpc) is 2.91. The van der Waals surface area contributed by atoms with E-state index in [0.29, 0.717) is 5.78 Å². The fourth-order valence-corrected chi connectivity index (χ4v) is 3.83. The van der Waals surface area contributed by atoms with Crippen LogP contribution in [-0.2, 0) is 4.79 Å². The van der Waals surface area contributed by atoms with E-state index in [0.717, 1.165) is 31.4 Å². The molecule has 3 heteroatoms. The van der Waals surface area contributed by atoms with Gasteiger partial charge in [-0.3, -0.25) is 4.79 Å². The summed E-state index contributed by atoms with van der Waals surface area (Å²) in [4.78, 5) is 15.4. The molecule has 1 saturated carbocycles. The van der Waals surface area contributed by atoms with E-state index >= 15 is 0 Å². The highest BCUT2D eigenvalue weighted by Crippen LogP contribution is 2.48.